The quantitative estimate of drug-likeness (QED) is 0.256. The molecule has 0 heterocycles. The second kappa shape index (κ2) is 14.1. The Bertz CT molecular complexity index is 871. The molecule has 0 radical (unpaired) electrons. The summed E-state index contributed by atoms with van der Waals surface area (Å²) in [5.74, 6) is 0. The van der Waals surface area contributed by atoms with Gasteiger partial charge in [0.2, 0.25) is 0 Å². The van der Waals surface area contributed by atoms with E-state index in [4.69, 9.17) is 0 Å². The molecule has 27 heavy (non-hydrogen) atoms. The molecule has 124 valence electrons. The molecule has 9 heteroatoms. The number of benzene rings is 3. The second-order valence-corrected chi connectivity index (χ2v) is 8.62. The molecule has 0 saturated carbocycles. The van der Waals surface area contributed by atoms with E-state index in [2.05, 4.69) is 0 Å². The molecular formula is C18H15Na3O4PS+. The Kier molecular flexibility index (Phi) is 15.7. The molecule has 0 atom stereocenters. The van der Waals surface area contributed by atoms with Crippen LogP contribution in [0.5, 0.6) is 0 Å². The zero-order valence-electron chi connectivity index (χ0n) is 15.6. The molecule has 3 aromatic rings. The first-order valence-corrected chi connectivity index (χ1v) is 9.82. The van der Waals surface area contributed by atoms with Crippen molar-refractivity contribution < 1.29 is 107 Å². The molecule has 4 nitrogen and oxygen atoms in total. The number of rotatable bonds is 4. The smallest absolute Gasteiger partial charge is 1.00 e. The molecule has 0 aliphatic carbocycles. The molecule has 0 bridgehead atoms. The molecular weight excluding hydrogens is 412 g/mol. The Morgan fingerprint density at radius 1 is 0.630 bits per heavy atom. The molecule has 3 rings (SSSR count). The van der Waals surface area contributed by atoms with Gasteiger partial charge in [0.05, 0.1) is 4.90 Å². The van der Waals surface area contributed by atoms with E-state index in [1.807, 2.05) is 66.7 Å². The van der Waals surface area contributed by atoms with E-state index in [-0.39, 0.29) is 99.0 Å². The van der Waals surface area contributed by atoms with Crippen molar-refractivity contribution in [2.45, 2.75) is 4.90 Å². The van der Waals surface area contributed by atoms with Gasteiger partial charge in [-0.15, -0.1) is 0 Å². The fourth-order valence-electron chi connectivity index (χ4n) is 2.38. The topological polar surface area (TPSA) is 82.9 Å². The zero-order valence-corrected chi connectivity index (χ0v) is 23.3. The molecule has 0 saturated heterocycles. The molecule has 0 aromatic heterocycles. The van der Waals surface area contributed by atoms with E-state index in [9.17, 15) is 13.0 Å². The van der Waals surface area contributed by atoms with Crippen molar-refractivity contribution in [3.63, 3.8) is 0 Å². The van der Waals surface area contributed by atoms with E-state index >= 15 is 0 Å². The minimum absolute atomic E-state index is 0. The van der Waals surface area contributed by atoms with Crippen LogP contribution in [0.25, 0.3) is 0 Å². The Hall–Kier alpha value is 0.960. The Balaban J connectivity index is 0. The summed E-state index contributed by atoms with van der Waals surface area (Å²) in [7, 11) is -5.10. The van der Waals surface area contributed by atoms with Gasteiger partial charge in [-0.1, -0.05) is 72.8 Å². The van der Waals surface area contributed by atoms with Gasteiger partial charge >= 0.3 is 88.7 Å². The molecule has 0 amide bonds. The average molecular weight is 427 g/mol. The minimum atomic E-state index is -4.21. The molecule has 0 fully saturated rings. The van der Waals surface area contributed by atoms with Crippen molar-refractivity contribution in [2.75, 3.05) is 0 Å². The molecule has 0 unspecified atom stereocenters. The van der Waals surface area contributed by atoms with Gasteiger partial charge in [0, 0.05) is 0 Å². The van der Waals surface area contributed by atoms with Crippen molar-refractivity contribution in [1.29, 1.82) is 0 Å². The summed E-state index contributed by atoms with van der Waals surface area (Å²) < 4.78 is 32.2. The molecule has 1 N–H and O–H groups in total. The van der Waals surface area contributed by atoms with Gasteiger partial charge in [-0.05, 0) is 36.0 Å². The first-order valence-electron chi connectivity index (χ1n) is 7.03. The van der Waals surface area contributed by atoms with Crippen molar-refractivity contribution in [2.24, 2.45) is 0 Å². The minimum Gasteiger partial charge on any atom is -2.00 e. The van der Waals surface area contributed by atoms with Gasteiger partial charge in [-0.3, -0.25) is 4.55 Å². The largest absolute Gasteiger partial charge is 2.00 e. The van der Waals surface area contributed by atoms with E-state index < -0.39 is 18.0 Å². The van der Waals surface area contributed by atoms with Gasteiger partial charge in [-0.25, -0.2) is 0 Å². The predicted octanol–water partition coefficient (Wildman–Crippen LogP) is -6.42. The van der Waals surface area contributed by atoms with Gasteiger partial charge in [-0.2, -0.15) is 8.42 Å². The van der Waals surface area contributed by atoms with E-state index in [1.54, 1.807) is 12.1 Å². The van der Waals surface area contributed by atoms with Crippen molar-refractivity contribution in [3.05, 3.63) is 84.9 Å². The van der Waals surface area contributed by atoms with Crippen LogP contribution in [0, 0.1) is 0 Å². The standard InChI is InChI=1S/C18H15O3PS.3Na.O/c19-23(20,21)18-13-7-12-17(14-18)22(15-8-3-1-4-9-15)16-10-5-2-6-11-16;;;;/h1-14H,(H,19,20,21);;;;/q;3*+1;-2. The normalized spacial score (nSPS) is 9.85. The van der Waals surface area contributed by atoms with Crippen molar-refractivity contribution in [1.82, 2.24) is 0 Å². The first-order chi connectivity index (χ1) is 11.1. The molecule has 3 aromatic carbocycles. The maximum absolute atomic E-state index is 11.4. The maximum atomic E-state index is 11.4. The molecule has 0 aliphatic rings. The van der Waals surface area contributed by atoms with Crippen LogP contribution in [0.2, 0.25) is 0 Å². The fraction of sp³-hybridized carbons (Fsp3) is 0. The van der Waals surface area contributed by atoms with Crippen LogP contribution in [0.1, 0.15) is 0 Å². The summed E-state index contributed by atoms with van der Waals surface area (Å²) in [4.78, 5) is -0.0747. The Labute approximate surface area is 227 Å². The van der Waals surface area contributed by atoms with E-state index in [1.165, 1.54) is 6.07 Å². The summed E-state index contributed by atoms with van der Waals surface area (Å²) in [6.07, 6.45) is 0. The third-order valence-corrected chi connectivity index (χ3v) is 6.68. The van der Waals surface area contributed by atoms with Crippen LogP contribution in [-0.4, -0.2) is 13.0 Å². The molecule has 0 spiro atoms. The van der Waals surface area contributed by atoms with Crippen LogP contribution >= 0.6 is 7.92 Å². The monoisotopic (exact) mass is 427 g/mol. The molecule has 0 aliphatic heterocycles. The first kappa shape index (κ1) is 30.2. The summed E-state index contributed by atoms with van der Waals surface area (Å²) in [5.41, 5.74) is 0. The summed E-state index contributed by atoms with van der Waals surface area (Å²) >= 11 is 0. The summed E-state index contributed by atoms with van der Waals surface area (Å²) in [6.45, 7) is 0. The fourth-order valence-corrected chi connectivity index (χ4v) is 5.34. The van der Waals surface area contributed by atoms with Crippen LogP contribution in [-0.2, 0) is 15.6 Å². The average Bonchev–Trinajstić information content (AvgIpc) is 2.57. The third kappa shape index (κ3) is 8.31. The second-order valence-electron chi connectivity index (χ2n) is 4.98. The third-order valence-electron chi connectivity index (χ3n) is 3.40. The van der Waals surface area contributed by atoms with Gasteiger partial charge in [0.1, 0.15) is 0 Å². The number of hydrogen-bond acceptors (Lipinski definition) is 2. The zero-order chi connectivity index (χ0) is 16.3. The van der Waals surface area contributed by atoms with Crippen molar-refractivity contribution >= 4 is 34.0 Å². The summed E-state index contributed by atoms with van der Waals surface area (Å²) in [5, 5.41) is 3.13. The number of hydrogen-bond donors (Lipinski definition) is 1. The van der Waals surface area contributed by atoms with E-state index in [0.29, 0.717) is 0 Å². The maximum Gasteiger partial charge on any atom is 1.00 e. The summed E-state index contributed by atoms with van der Waals surface area (Å²) in [6, 6.07) is 26.5. The van der Waals surface area contributed by atoms with Crippen LogP contribution < -0.4 is 105 Å². The Morgan fingerprint density at radius 3 is 1.44 bits per heavy atom. The van der Waals surface area contributed by atoms with Crippen LogP contribution in [0.4, 0.5) is 0 Å². The van der Waals surface area contributed by atoms with Crippen LogP contribution in [0.3, 0.4) is 0 Å². The van der Waals surface area contributed by atoms with Gasteiger partial charge in [0.25, 0.3) is 10.1 Å². The van der Waals surface area contributed by atoms with Crippen LogP contribution in [0.15, 0.2) is 89.8 Å². The van der Waals surface area contributed by atoms with Gasteiger partial charge < -0.3 is 5.48 Å². The SMILES string of the molecule is O=S(=O)(O)c1cccc(P(c2ccccc2)c2ccccc2)c1.[Na+].[Na+].[Na+].[O-2]. The van der Waals surface area contributed by atoms with Crippen molar-refractivity contribution in [3.8, 4) is 0 Å². The predicted molar refractivity (Wildman–Crippen MR) is 95.6 cm³/mol. The van der Waals surface area contributed by atoms with E-state index in [0.717, 1.165) is 15.9 Å². The Morgan fingerprint density at radius 2 is 1.04 bits per heavy atom. The van der Waals surface area contributed by atoms with Gasteiger partial charge in [0.15, 0.2) is 0 Å².